The summed E-state index contributed by atoms with van der Waals surface area (Å²) in [5.74, 6) is 0. The summed E-state index contributed by atoms with van der Waals surface area (Å²) in [7, 11) is 0. The van der Waals surface area contributed by atoms with E-state index in [1.54, 1.807) is 0 Å². The number of hydrogen-bond acceptors (Lipinski definition) is 0. The van der Waals surface area contributed by atoms with Gasteiger partial charge in [0.2, 0.25) is 0 Å². The van der Waals surface area contributed by atoms with E-state index in [4.69, 9.17) is 0 Å². The van der Waals surface area contributed by atoms with Crippen LogP contribution in [-0.4, -0.2) is 0 Å². The summed E-state index contributed by atoms with van der Waals surface area (Å²) in [4.78, 5) is 0. The van der Waals surface area contributed by atoms with Gasteiger partial charge < -0.3 is 0 Å². The van der Waals surface area contributed by atoms with Gasteiger partial charge in [-0.25, -0.2) is 0 Å². The SMILES string of the molecule is C=C(C)C.Cl.Cl.Cl.[Pt]. The maximum atomic E-state index is 3.56. The van der Waals surface area contributed by atoms with E-state index in [-0.39, 0.29) is 58.3 Å². The van der Waals surface area contributed by atoms with E-state index >= 15 is 0 Å². The molecule has 0 heterocycles. The van der Waals surface area contributed by atoms with Gasteiger partial charge in [0.05, 0.1) is 0 Å². The minimum Gasteiger partial charge on any atom is -0.147 e. The average molecular weight is 361 g/mol. The fourth-order valence-corrected chi connectivity index (χ4v) is 0. The van der Waals surface area contributed by atoms with Gasteiger partial charge >= 0.3 is 0 Å². The Kier molecular flexibility index (Phi) is 104. The normalized spacial score (nSPS) is 3.25. The summed E-state index contributed by atoms with van der Waals surface area (Å²) in [6.07, 6.45) is 0. The van der Waals surface area contributed by atoms with E-state index in [2.05, 4.69) is 6.58 Å². The van der Waals surface area contributed by atoms with Crippen LogP contribution in [0.5, 0.6) is 0 Å². The third kappa shape index (κ3) is 172. The topological polar surface area (TPSA) is 0 Å². The summed E-state index contributed by atoms with van der Waals surface area (Å²) in [5, 5.41) is 0. The predicted octanol–water partition coefficient (Wildman–Crippen LogP) is 2.85. The molecule has 0 nitrogen and oxygen atoms in total. The largest absolute Gasteiger partial charge is 0.147 e. The third-order valence-electron chi connectivity index (χ3n) is 0. The molecule has 58 valence electrons. The fourth-order valence-electron chi connectivity index (χ4n) is 0. The van der Waals surface area contributed by atoms with Crippen molar-refractivity contribution in [2.75, 3.05) is 0 Å². The Morgan fingerprint density at radius 1 is 1.00 bits per heavy atom. The molecule has 0 amide bonds. The third-order valence-corrected chi connectivity index (χ3v) is 0. The minimum atomic E-state index is 0. The van der Waals surface area contributed by atoms with Gasteiger partial charge in [0, 0.05) is 21.1 Å². The summed E-state index contributed by atoms with van der Waals surface area (Å²) in [6.45, 7) is 7.50. The van der Waals surface area contributed by atoms with E-state index in [0.717, 1.165) is 0 Å². The standard InChI is InChI=1S/C4H8.3ClH.Pt/c1-4(2)3;;;;/h1H2,2-3H3;3*1H;. The molecule has 4 heteroatoms. The molecule has 0 saturated heterocycles. The molecule has 0 aliphatic carbocycles. The first-order chi connectivity index (χ1) is 1.73. The molecule has 0 aromatic rings. The molecular weight excluding hydrogens is 349 g/mol. The van der Waals surface area contributed by atoms with Crippen molar-refractivity contribution in [2.24, 2.45) is 0 Å². The molecule has 0 spiro atoms. The quantitative estimate of drug-likeness (QED) is 0.583. The second kappa shape index (κ2) is 23.9. The zero-order valence-electron chi connectivity index (χ0n) is 4.75. The van der Waals surface area contributed by atoms with Gasteiger partial charge in [0.25, 0.3) is 0 Å². The van der Waals surface area contributed by atoms with Gasteiger partial charge in [-0.05, 0) is 13.8 Å². The van der Waals surface area contributed by atoms with Crippen LogP contribution in [-0.2, 0) is 21.1 Å². The van der Waals surface area contributed by atoms with Crippen LogP contribution in [0.2, 0.25) is 0 Å². The zero-order chi connectivity index (χ0) is 3.58. The number of rotatable bonds is 0. The fraction of sp³-hybridized carbons (Fsp3) is 0.500. The van der Waals surface area contributed by atoms with Crippen molar-refractivity contribution in [3.63, 3.8) is 0 Å². The van der Waals surface area contributed by atoms with Crippen LogP contribution < -0.4 is 0 Å². The van der Waals surface area contributed by atoms with Gasteiger partial charge in [-0.2, -0.15) is 0 Å². The van der Waals surface area contributed by atoms with Crippen LogP contribution in [0.3, 0.4) is 0 Å². The molecule has 0 fully saturated rings. The van der Waals surface area contributed by atoms with Crippen molar-refractivity contribution < 1.29 is 21.1 Å². The van der Waals surface area contributed by atoms with Gasteiger partial charge in [-0.1, -0.05) is 5.57 Å². The minimum absolute atomic E-state index is 0. The number of hydrogen-bond donors (Lipinski definition) is 0. The van der Waals surface area contributed by atoms with Crippen LogP contribution >= 0.6 is 37.2 Å². The van der Waals surface area contributed by atoms with Crippen molar-refractivity contribution in [2.45, 2.75) is 13.8 Å². The van der Waals surface area contributed by atoms with Crippen molar-refractivity contribution in [1.82, 2.24) is 0 Å². The summed E-state index contributed by atoms with van der Waals surface area (Å²) >= 11 is 0. The summed E-state index contributed by atoms with van der Waals surface area (Å²) in [6, 6.07) is 0. The Hall–Kier alpha value is 1.30. The molecule has 0 aliphatic rings. The van der Waals surface area contributed by atoms with Crippen molar-refractivity contribution >= 4 is 37.2 Å². The van der Waals surface area contributed by atoms with Crippen LogP contribution in [0.1, 0.15) is 13.8 Å². The second-order valence-corrected chi connectivity index (χ2v) is 1.21. The van der Waals surface area contributed by atoms with Gasteiger partial charge in [0.1, 0.15) is 0 Å². The molecule has 0 bridgehead atoms. The second-order valence-electron chi connectivity index (χ2n) is 1.21. The first kappa shape index (κ1) is 34.7. The van der Waals surface area contributed by atoms with Crippen LogP contribution in [0.4, 0.5) is 0 Å². The average Bonchev–Trinajstić information content (AvgIpc) is 0.811. The van der Waals surface area contributed by atoms with Crippen molar-refractivity contribution in [1.29, 1.82) is 0 Å². The van der Waals surface area contributed by atoms with Gasteiger partial charge in [0.15, 0.2) is 0 Å². The summed E-state index contributed by atoms with van der Waals surface area (Å²) in [5.41, 5.74) is 1.17. The Morgan fingerprint density at radius 2 is 1.00 bits per heavy atom. The van der Waals surface area contributed by atoms with Crippen LogP contribution in [0.25, 0.3) is 0 Å². The number of allylic oxidation sites excluding steroid dienone is 1. The Labute approximate surface area is 84.0 Å². The van der Waals surface area contributed by atoms with Crippen molar-refractivity contribution in [3.05, 3.63) is 12.2 Å². The Morgan fingerprint density at radius 3 is 1.00 bits per heavy atom. The molecule has 0 saturated carbocycles. The number of halogens is 3. The summed E-state index contributed by atoms with van der Waals surface area (Å²) < 4.78 is 0. The van der Waals surface area contributed by atoms with Crippen LogP contribution in [0, 0.1) is 0 Å². The van der Waals surface area contributed by atoms with Crippen LogP contribution in [0.15, 0.2) is 12.2 Å². The van der Waals surface area contributed by atoms with E-state index in [1.807, 2.05) is 13.8 Å². The van der Waals surface area contributed by atoms with Crippen molar-refractivity contribution in [3.8, 4) is 0 Å². The predicted molar refractivity (Wildman–Crippen MR) is 42.2 cm³/mol. The molecule has 0 aromatic heterocycles. The van der Waals surface area contributed by atoms with E-state index in [0.29, 0.717) is 0 Å². The molecule has 0 atom stereocenters. The van der Waals surface area contributed by atoms with Gasteiger partial charge in [-0.3, -0.25) is 0 Å². The molecule has 0 unspecified atom stereocenters. The smallest absolute Gasteiger partial charge is 0 e. The Balaban J connectivity index is -0.00000000750. The maximum Gasteiger partial charge on any atom is 0 e. The Bertz CT molecular complexity index is 34.3. The van der Waals surface area contributed by atoms with E-state index in [1.165, 1.54) is 5.57 Å². The zero-order valence-corrected chi connectivity index (χ0v) is 9.47. The molecular formula is C4H11Cl3Pt. The molecule has 0 aliphatic heterocycles. The maximum absolute atomic E-state index is 3.56. The molecule has 0 rings (SSSR count). The van der Waals surface area contributed by atoms with E-state index < -0.39 is 0 Å². The molecule has 0 aromatic carbocycles. The molecule has 0 N–H and O–H groups in total. The monoisotopic (exact) mass is 359 g/mol. The molecule has 8 heavy (non-hydrogen) atoms. The van der Waals surface area contributed by atoms with E-state index in [9.17, 15) is 0 Å². The molecule has 0 radical (unpaired) electrons. The van der Waals surface area contributed by atoms with Gasteiger partial charge in [-0.15, -0.1) is 43.8 Å². The first-order valence-corrected chi connectivity index (χ1v) is 1.35. The first-order valence-electron chi connectivity index (χ1n) is 1.35.